The molecule has 1 aliphatic rings. The molecule has 1 N–H and O–H groups in total. The van der Waals surface area contributed by atoms with Gasteiger partial charge in [0.15, 0.2) is 0 Å². The van der Waals surface area contributed by atoms with Crippen molar-refractivity contribution in [3.05, 3.63) is 38.2 Å². The number of pyridine rings is 1. The molecule has 0 unspecified atom stereocenters. The molecule has 0 radical (unpaired) electrons. The van der Waals surface area contributed by atoms with E-state index < -0.39 is 11.2 Å². The van der Waals surface area contributed by atoms with Crippen LogP contribution in [0.3, 0.4) is 0 Å². The van der Waals surface area contributed by atoms with Gasteiger partial charge in [-0.2, -0.15) is 0 Å². The summed E-state index contributed by atoms with van der Waals surface area (Å²) < 4.78 is 2.36. The van der Waals surface area contributed by atoms with Crippen molar-refractivity contribution < 1.29 is 4.79 Å². The molecule has 3 rings (SSSR count). The van der Waals surface area contributed by atoms with Gasteiger partial charge in [0.25, 0.3) is 11.5 Å². The second-order valence-corrected chi connectivity index (χ2v) is 6.91. The minimum Gasteiger partial charge on any atom is -0.334 e. The molecule has 0 saturated carbocycles. The molecular formula is C17H23N5O3. The third kappa shape index (κ3) is 2.86. The quantitative estimate of drug-likeness (QED) is 0.771. The smallest absolute Gasteiger partial charge is 0.332 e. The van der Waals surface area contributed by atoms with Crippen molar-refractivity contribution in [3.8, 4) is 0 Å². The molecule has 0 aromatic carbocycles. The fraction of sp³-hybridized carbons (Fsp3) is 0.529. The topological polar surface area (TPSA) is 89.2 Å². The normalized spacial score (nSPS) is 20.9. The second-order valence-electron chi connectivity index (χ2n) is 6.91. The Labute approximate surface area is 145 Å². The Morgan fingerprint density at radius 3 is 2.36 bits per heavy atom. The maximum atomic E-state index is 12.9. The first-order valence-corrected chi connectivity index (χ1v) is 8.33. The first-order chi connectivity index (χ1) is 11.7. The number of piperazine rings is 1. The van der Waals surface area contributed by atoms with Crippen LogP contribution in [0.4, 0.5) is 0 Å². The lowest BCUT2D eigenvalue weighted by atomic mass is 10.1. The maximum Gasteiger partial charge on any atom is 0.332 e. The number of fused-ring (bicyclic) bond motifs is 1. The second kappa shape index (κ2) is 6.11. The summed E-state index contributed by atoms with van der Waals surface area (Å²) in [5, 5.41) is 3.75. The van der Waals surface area contributed by atoms with Crippen molar-refractivity contribution in [3.63, 3.8) is 0 Å². The van der Waals surface area contributed by atoms with E-state index in [4.69, 9.17) is 0 Å². The lowest BCUT2D eigenvalue weighted by Gasteiger charge is -2.36. The first kappa shape index (κ1) is 17.3. The molecule has 134 valence electrons. The van der Waals surface area contributed by atoms with E-state index in [0.29, 0.717) is 24.0 Å². The van der Waals surface area contributed by atoms with Crippen LogP contribution in [0.1, 0.15) is 29.9 Å². The molecule has 8 nitrogen and oxygen atoms in total. The molecule has 8 heteroatoms. The summed E-state index contributed by atoms with van der Waals surface area (Å²) in [6.45, 7) is 7.01. The summed E-state index contributed by atoms with van der Waals surface area (Å²) >= 11 is 0. The van der Waals surface area contributed by atoms with Crippen LogP contribution in [0.5, 0.6) is 0 Å². The van der Waals surface area contributed by atoms with Crippen molar-refractivity contribution in [1.29, 1.82) is 0 Å². The summed E-state index contributed by atoms with van der Waals surface area (Å²) in [6.07, 6.45) is 0. The van der Waals surface area contributed by atoms with Crippen LogP contribution in [-0.2, 0) is 14.1 Å². The molecule has 0 bridgehead atoms. The average Bonchev–Trinajstić information content (AvgIpc) is 2.55. The summed E-state index contributed by atoms with van der Waals surface area (Å²) in [5.74, 6) is -0.182. The lowest BCUT2D eigenvalue weighted by Crippen LogP contribution is -2.56. The number of carbonyl (C=O) groups is 1. The van der Waals surface area contributed by atoms with Crippen molar-refractivity contribution in [2.24, 2.45) is 14.1 Å². The van der Waals surface area contributed by atoms with Gasteiger partial charge in [0.05, 0.1) is 5.39 Å². The standard InChI is InChI=1S/C17H23N5O3/c1-9-6-12(15(23)22-7-10(2)18-11(3)8-22)19-14-13(9)16(24)21(5)17(25)20(14)4/h6,10-11,18H,7-8H2,1-5H3/t10-,11+. The molecule has 0 spiro atoms. The molecule has 1 fully saturated rings. The van der Waals surface area contributed by atoms with Gasteiger partial charge < -0.3 is 10.2 Å². The van der Waals surface area contributed by atoms with E-state index in [-0.39, 0.29) is 29.3 Å². The number of rotatable bonds is 1. The molecule has 1 saturated heterocycles. The Morgan fingerprint density at radius 2 is 1.76 bits per heavy atom. The third-order valence-electron chi connectivity index (χ3n) is 4.67. The van der Waals surface area contributed by atoms with Gasteiger partial charge in [-0.1, -0.05) is 0 Å². The SMILES string of the molecule is Cc1cc(C(=O)N2C[C@@H](C)N[C@@H](C)C2)nc2c1c(=O)n(C)c(=O)n2C. The van der Waals surface area contributed by atoms with Crippen LogP contribution >= 0.6 is 0 Å². The van der Waals surface area contributed by atoms with Crippen molar-refractivity contribution in [2.75, 3.05) is 13.1 Å². The molecule has 2 aromatic heterocycles. The predicted octanol–water partition coefficient (Wildman–Crippen LogP) is -0.237. The van der Waals surface area contributed by atoms with E-state index in [2.05, 4.69) is 10.3 Å². The summed E-state index contributed by atoms with van der Waals surface area (Å²) in [6, 6.07) is 2.03. The zero-order valence-electron chi connectivity index (χ0n) is 15.2. The molecule has 1 aliphatic heterocycles. The molecular weight excluding hydrogens is 322 g/mol. The van der Waals surface area contributed by atoms with E-state index >= 15 is 0 Å². The number of hydrogen-bond donors (Lipinski definition) is 1. The van der Waals surface area contributed by atoms with E-state index in [0.717, 1.165) is 4.57 Å². The van der Waals surface area contributed by atoms with Crippen LogP contribution in [0.25, 0.3) is 11.0 Å². The van der Waals surface area contributed by atoms with Gasteiger partial charge in [0.1, 0.15) is 11.3 Å². The minimum absolute atomic E-state index is 0.182. The zero-order valence-corrected chi connectivity index (χ0v) is 15.2. The van der Waals surface area contributed by atoms with E-state index in [9.17, 15) is 14.4 Å². The molecule has 1 amide bonds. The first-order valence-electron chi connectivity index (χ1n) is 8.33. The summed E-state index contributed by atoms with van der Waals surface area (Å²) in [7, 11) is 2.99. The van der Waals surface area contributed by atoms with Gasteiger partial charge >= 0.3 is 5.69 Å². The summed E-state index contributed by atoms with van der Waals surface area (Å²) in [5.41, 5.74) is 0.285. The Bertz CT molecular complexity index is 965. The lowest BCUT2D eigenvalue weighted by molar-refractivity contribution is 0.0668. The Balaban J connectivity index is 2.14. The van der Waals surface area contributed by atoms with Gasteiger partial charge in [0.2, 0.25) is 0 Å². The van der Waals surface area contributed by atoms with Crippen LogP contribution in [0, 0.1) is 6.92 Å². The average molecular weight is 345 g/mol. The predicted molar refractivity (Wildman–Crippen MR) is 94.9 cm³/mol. The van der Waals surface area contributed by atoms with Gasteiger partial charge in [-0.25, -0.2) is 9.78 Å². The van der Waals surface area contributed by atoms with E-state index in [1.54, 1.807) is 24.9 Å². The highest BCUT2D eigenvalue weighted by atomic mass is 16.2. The fourth-order valence-electron chi connectivity index (χ4n) is 3.50. The number of nitrogens with one attached hydrogen (secondary N) is 1. The molecule has 2 atom stereocenters. The van der Waals surface area contributed by atoms with Crippen LogP contribution in [0.15, 0.2) is 15.7 Å². The van der Waals surface area contributed by atoms with Crippen molar-refractivity contribution >= 4 is 16.9 Å². The van der Waals surface area contributed by atoms with Crippen LogP contribution in [0.2, 0.25) is 0 Å². The van der Waals surface area contributed by atoms with Crippen LogP contribution < -0.4 is 16.6 Å². The zero-order chi connectivity index (χ0) is 18.5. The molecule has 2 aromatic rings. The molecule has 3 heterocycles. The number of aryl methyl sites for hydroxylation is 2. The summed E-state index contributed by atoms with van der Waals surface area (Å²) in [4.78, 5) is 43.6. The van der Waals surface area contributed by atoms with Crippen molar-refractivity contribution in [1.82, 2.24) is 24.3 Å². The minimum atomic E-state index is -0.460. The maximum absolute atomic E-state index is 12.9. The van der Waals surface area contributed by atoms with Crippen molar-refractivity contribution in [2.45, 2.75) is 32.9 Å². The van der Waals surface area contributed by atoms with E-state index in [1.807, 2.05) is 13.8 Å². The molecule has 0 aliphatic carbocycles. The highest BCUT2D eigenvalue weighted by molar-refractivity contribution is 5.95. The van der Waals surface area contributed by atoms with Crippen LogP contribution in [-0.4, -0.2) is 50.1 Å². The number of amides is 1. The Kier molecular flexibility index (Phi) is 4.24. The van der Waals surface area contributed by atoms with E-state index in [1.165, 1.54) is 11.6 Å². The van der Waals surface area contributed by atoms with Gasteiger partial charge in [0, 0.05) is 39.3 Å². The number of hydrogen-bond acceptors (Lipinski definition) is 5. The Morgan fingerprint density at radius 1 is 1.16 bits per heavy atom. The Hall–Kier alpha value is -2.48. The third-order valence-corrected chi connectivity index (χ3v) is 4.67. The van der Waals surface area contributed by atoms with Gasteiger partial charge in [-0.15, -0.1) is 0 Å². The highest BCUT2D eigenvalue weighted by Crippen LogP contribution is 2.15. The number of aromatic nitrogens is 3. The monoisotopic (exact) mass is 345 g/mol. The number of carbonyl (C=O) groups excluding carboxylic acids is 1. The largest absolute Gasteiger partial charge is 0.334 e. The van der Waals surface area contributed by atoms with Gasteiger partial charge in [-0.05, 0) is 32.4 Å². The fourth-order valence-corrected chi connectivity index (χ4v) is 3.50. The molecule has 25 heavy (non-hydrogen) atoms. The number of nitrogens with zero attached hydrogens (tertiary/aromatic N) is 4. The highest BCUT2D eigenvalue weighted by Gasteiger charge is 2.27. The van der Waals surface area contributed by atoms with Gasteiger partial charge in [-0.3, -0.25) is 18.7 Å².